The van der Waals surface area contributed by atoms with E-state index in [-0.39, 0.29) is 24.6 Å². The third kappa shape index (κ3) is 4.46. The number of hydrogen-bond donors (Lipinski definition) is 0. The Balaban J connectivity index is 1.86. The molecule has 28 heavy (non-hydrogen) atoms. The molecule has 0 aliphatic rings. The van der Waals surface area contributed by atoms with Gasteiger partial charge in [0, 0.05) is 25.3 Å². The molecule has 1 aromatic heterocycles. The largest absolute Gasteiger partial charge is 0.383 e. The molecule has 0 fully saturated rings. The Morgan fingerprint density at radius 2 is 1.86 bits per heavy atom. The van der Waals surface area contributed by atoms with Crippen LogP contribution in [0.25, 0.3) is 11.3 Å². The van der Waals surface area contributed by atoms with Gasteiger partial charge in [0.25, 0.3) is 0 Å². The fraction of sp³-hybridized carbons (Fsp3) is 0.200. The Kier molecular flexibility index (Phi) is 6.21. The summed E-state index contributed by atoms with van der Waals surface area (Å²) in [5.74, 6) is 0.568. The van der Waals surface area contributed by atoms with Gasteiger partial charge in [-0.05, 0) is 24.3 Å². The van der Waals surface area contributed by atoms with Crippen LogP contribution in [0.4, 0.5) is 0 Å². The van der Waals surface area contributed by atoms with Crippen molar-refractivity contribution < 1.29 is 17.7 Å². The summed E-state index contributed by atoms with van der Waals surface area (Å²) in [4.78, 5) is 0.106. The van der Waals surface area contributed by atoms with Crippen molar-refractivity contribution in [3.05, 3.63) is 71.9 Å². The Labute approximate surface area is 163 Å². The van der Waals surface area contributed by atoms with Crippen LogP contribution < -0.4 is 0 Å². The van der Waals surface area contributed by atoms with E-state index in [2.05, 4.69) is 5.16 Å². The second-order valence-electron chi connectivity index (χ2n) is 6.02. The monoisotopic (exact) mass is 397 g/mol. The van der Waals surface area contributed by atoms with Gasteiger partial charge in [0.15, 0.2) is 5.76 Å². The van der Waals surface area contributed by atoms with Crippen molar-refractivity contribution in [2.45, 2.75) is 11.4 Å². The number of aromatic nitrogens is 1. The van der Waals surface area contributed by atoms with Gasteiger partial charge in [-0.1, -0.05) is 35.5 Å². The number of nitrogens with zero attached hydrogens (tertiary/aromatic N) is 3. The molecule has 0 N–H and O–H groups in total. The van der Waals surface area contributed by atoms with Gasteiger partial charge in [-0.2, -0.15) is 9.57 Å². The Morgan fingerprint density at radius 1 is 1.14 bits per heavy atom. The average molecular weight is 397 g/mol. The smallest absolute Gasteiger partial charge is 0.243 e. The predicted molar refractivity (Wildman–Crippen MR) is 103 cm³/mol. The summed E-state index contributed by atoms with van der Waals surface area (Å²) in [5.41, 5.74) is 1.75. The molecule has 3 aromatic rings. The maximum Gasteiger partial charge on any atom is 0.243 e. The van der Waals surface area contributed by atoms with Gasteiger partial charge in [-0.25, -0.2) is 8.42 Å². The van der Waals surface area contributed by atoms with E-state index in [1.165, 1.54) is 35.7 Å². The molecule has 1 heterocycles. The highest BCUT2D eigenvalue weighted by Crippen LogP contribution is 2.23. The molecular formula is C20H19N3O4S. The van der Waals surface area contributed by atoms with Crippen LogP contribution in [0.3, 0.4) is 0 Å². The van der Waals surface area contributed by atoms with Crippen LogP contribution in [0.5, 0.6) is 0 Å². The van der Waals surface area contributed by atoms with Gasteiger partial charge in [-0.3, -0.25) is 0 Å². The molecule has 0 spiro atoms. The maximum absolute atomic E-state index is 13.0. The average Bonchev–Trinajstić information content (AvgIpc) is 3.20. The van der Waals surface area contributed by atoms with Gasteiger partial charge < -0.3 is 9.26 Å². The molecule has 0 amide bonds. The topological polar surface area (TPSA) is 96.4 Å². The lowest BCUT2D eigenvalue weighted by atomic mass is 10.2. The zero-order valence-corrected chi connectivity index (χ0v) is 16.1. The van der Waals surface area contributed by atoms with Gasteiger partial charge in [0.1, 0.15) is 0 Å². The fourth-order valence-corrected chi connectivity index (χ4v) is 4.03. The first-order chi connectivity index (χ1) is 13.5. The SMILES string of the molecule is COCCN(Cc1cc(-c2ccccc2)on1)S(=O)(=O)c1ccc(C#N)cc1. The van der Waals surface area contributed by atoms with E-state index in [1.807, 2.05) is 36.4 Å². The highest BCUT2D eigenvalue weighted by molar-refractivity contribution is 7.89. The second-order valence-corrected chi connectivity index (χ2v) is 7.95. The number of sulfonamides is 1. The third-order valence-corrected chi connectivity index (χ3v) is 5.98. The maximum atomic E-state index is 13.0. The molecule has 7 nitrogen and oxygen atoms in total. The molecule has 0 radical (unpaired) electrons. The molecule has 0 bridgehead atoms. The number of benzene rings is 2. The molecule has 3 rings (SSSR count). The van der Waals surface area contributed by atoms with Crippen LogP contribution in [-0.4, -0.2) is 38.1 Å². The lowest BCUT2D eigenvalue weighted by molar-refractivity contribution is 0.176. The van der Waals surface area contributed by atoms with Gasteiger partial charge >= 0.3 is 0 Å². The zero-order valence-electron chi connectivity index (χ0n) is 15.3. The minimum absolute atomic E-state index is 0.0437. The number of nitriles is 1. The summed E-state index contributed by atoms with van der Waals surface area (Å²) >= 11 is 0. The molecule has 8 heteroatoms. The van der Waals surface area contributed by atoms with E-state index >= 15 is 0 Å². The van der Waals surface area contributed by atoms with Crippen molar-refractivity contribution in [3.63, 3.8) is 0 Å². The van der Waals surface area contributed by atoms with E-state index in [0.29, 0.717) is 17.0 Å². The molecule has 0 aliphatic heterocycles. The summed E-state index contributed by atoms with van der Waals surface area (Å²) in [6.07, 6.45) is 0. The molecule has 2 aromatic carbocycles. The van der Waals surface area contributed by atoms with Crippen molar-refractivity contribution in [1.82, 2.24) is 9.46 Å². The number of ether oxygens (including phenoxy) is 1. The first-order valence-corrected chi connectivity index (χ1v) is 9.99. The fourth-order valence-electron chi connectivity index (χ4n) is 2.63. The second kappa shape index (κ2) is 8.80. The predicted octanol–water partition coefficient (Wildman–Crippen LogP) is 3.05. The van der Waals surface area contributed by atoms with Crippen LogP contribution in [0, 0.1) is 11.3 Å². The van der Waals surface area contributed by atoms with Gasteiger partial charge in [0.05, 0.1) is 35.4 Å². The van der Waals surface area contributed by atoms with E-state index in [0.717, 1.165) is 5.56 Å². The van der Waals surface area contributed by atoms with Gasteiger partial charge in [-0.15, -0.1) is 0 Å². The first kappa shape index (κ1) is 19.8. The highest BCUT2D eigenvalue weighted by Gasteiger charge is 2.25. The standard InChI is InChI=1S/C20H19N3O4S/c1-26-12-11-23(28(24,25)19-9-7-16(14-21)8-10-19)15-18-13-20(27-22-18)17-5-3-2-4-6-17/h2-10,13H,11-12,15H2,1H3. The van der Waals surface area contributed by atoms with Crippen molar-refractivity contribution in [2.75, 3.05) is 20.3 Å². The molecular weight excluding hydrogens is 378 g/mol. The van der Waals surface area contributed by atoms with Crippen LogP contribution in [0.1, 0.15) is 11.3 Å². The summed E-state index contributed by atoms with van der Waals surface area (Å²) < 4.78 is 37.8. The Bertz CT molecular complexity index is 1050. The minimum Gasteiger partial charge on any atom is -0.383 e. The highest BCUT2D eigenvalue weighted by atomic mass is 32.2. The minimum atomic E-state index is -3.79. The third-order valence-electron chi connectivity index (χ3n) is 4.12. The lowest BCUT2D eigenvalue weighted by Gasteiger charge is -2.20. The molecule has 0 aliphatic carbocycles. The van der Waals surface area contributed by atoms with Crippen LogP contribution in [0.15, 0.2) is 70.1 Å². The van der Waals surface area contributed by atoms with E-state index < -0.39 is 10.0 Å². The van der Waals surface area contributed by atoms with Crippen LogP contribution in [-0.2, 0) is 21.3 Å². The Morgan fingerprint density at radius 3 is 2.50 bits per heavy atom. The normalized spacial score (nSPS) is 11.5. The van der Waals surface area contributed by atoms with Crippen LogP contribution >= 0.6 is 0 Å². The Hall–Kier alpha value is -2.99. The van der Waals surface area contributed by atoms with Crippen molar-refractivity contribution in [3.8, 4) is 17.4 Å². The van der Waals surface area contributed by atoms with E-state index in [1.54, 1.807) is 6.07 Å². The zero-order chi connectivity index (χ0) is 20.0. The number of hydrogen-bond acceptors (Lipinski definition) is 6. The number of methoxy groups -OCH3 is 1. The molecule has 0 unspecified atom stereocenters. The molecule has 0 saturated carbocycles. The molecule has 0 atom stereocenters. The number of rotatable bonds is 8. The van der Waals surface area contributed by atoms with Crippen molar-refractivity contribution >= 4 is 10.0 Å². The van der Waals surface area contributed by atoms with Crippen molar-refractivity contribution in [1.29, 1.82) is 5.26 Å². The summed E-state index contributed by atoms with van der Waals surface area (Å²) in [5, 5.41) is 12.9. The van der Waals surface area contributed by atoms with Crippen molar-refractivity contribution in [2.24, 2.45) is 0 Å². The van der Waals surface area contributed by atoms with Crippen LogP contribution in [0.2, 0.25) is 0 Å². The lowest BCUT2D eigenvalue weighted by Crippen LogP contribution is -2.33. The van der Waals surface area contributed by atoms with Gasteiger partial charge in [0.2, 0.25) is 10.0 Å². The molecule has 0 saturated heterocycles. The van der Waals surface area contributed by atoms with E-state index in [9.17, 15) is 8.42 Å². The summed E-state index contributed by atoms with van der Waals surface area (Å²) in [6.45, 7) is 0.438. The molecule has 144 valence electrons. The quantitative estimate of drug-likeness (QED) is 0.580. The summed E-state index contributed by atoms with van der Waals surface area (Å²) in [7, 11) is -2.28. The first-order valence-electron chi connectivity index (χ1n) is 8.55. The van der Waals surface area contributed by atoms with E-state index in [4.69, 9.17) is 14.5 Å². The summed E-state index contributed by atoms with van der Waals surface area (Å²) in [6, 6.07) is 19.0.